The molecule has 0 radical (unpaired) electrons. The molecular formula is C33H36N2O5. The number of nitrogens with one attached hydrogen (secondary N) is 1. The maximum Gasteiger partial charge on any atom is 0.407 e. The van der Waals surface area contributed by atoms with Crippen molar-refractivity contribution in [2.45, 2.75) is 51.7 Å². The van der Waals surface area contributed by atoms with Crippen molar-refractivity contribution in [3.05, 3.63) is 95.6 Å². The van der Waals surface area contributed by atoms with Crippen LogP contribution in [0.5, 0.6) is 0 Å². The molecule has 1 aliphatic carbocycles. The van der Waals surface area contributed by atoms with E-state index in [1.807, 2.05) is 82.3 Å². The second-order valence-electron chi connectivity index (χ2n) is 11.2. The highest BCUT2D eigenvalue weighted by molar-refractivity contribution is 5.91. The highest BCUT2D eigenvalue weighted by Crippen LogP contribution is 2.44. The number of fused-ring (bicyclic) bond motifs is 3. The van der Waals surface area contributed by atoms with Gasteiger partial charge in [-0.05, 0) is 39.7 Å². The molecule has 1 fully saturated rings. The SMILES string of the molecule is CC(C)[C@H](NC(=O)OCC1c2ccccc2-c2ccccc21)C(=O)N1[C@@H](C(C)C)C(=O)OC[C@H]1c1ccccc1. The van der Waals surface area contributed by atoms with Crippen LogP contribution in [-0.2, 0) is 19.1 Å². The average molecular weight is 541 g/mol. The monoisotopic (exact) mass is 540 g/mol. The molecular weight excluding hydrogens is 504 g/mol. The molecule has 0 aromatic heterocycles. The van der Waals surface area contributed by atoms with Gasteiger partial charge in [-0.1, -0.05) is 107 Å². The van der Waals surface area contributed by atoms with E-state index in [0.29, 0.717) is 0 Å². The van der Waals surface area contributed by atoms with Crippen molar-refractivity contribution in [1.29, 1.82) is 0 Å². The summed E-state index contributed by atoms with van der Waals surface area (Å²) in [5, 5.41) is 2.83. The lowest BCUT2D eigenvalue weighted by molar-refractivity contribution is -0.174. The number of cyclic esters (lactones) is 1. The quantitative estimate of drug-likeness (QED) is 0.389. The van der Waals surface area contributed by atoms with Crippen molar-refractivity contribution >= 4 is 18.0 Å². The third kappa shape index (κ3) is 5.20. The molecule has 0 bridgehead atoms. The Balaban J connectivity index is 1.35. The molecule has 1 N–H and O–H groups in total. The number of morpholine rings is 1. The van der Waals surface area contributed by atoms with Gasteiger partial charge in [-0.2, -0.15) is 0 Å². The topological polar surface area (TPSA) is 84.9 Å². The summed E-state index contributed by atoms with van der Waals surface area (Å²) in [6.07, 6.45) is -0.661. The molecule has 3 aromatic rings. The van der Waals surface area contributed by atoms with Crippen LogP contribution in [-0.4, -0.2) is 48.2 Å². The Kier molecular flexibility index (Phi) is 7.92. The molecule has 7 nitrogen and oxygen atoms in total. The van der Waals surface area contributed by atoms with E-state index in [9.17, 15) is 14.4 Å². The number of alkyl carbamates (subject to hydrolysis) is 1. The Hall–Kier alpha value is -4.13. The average Bonchev–Trinajstić information content (AvgIpc) is 3.28. The second-order valence-corrected chi connectivity index (χ2v) is 11.2. The van der Waals surface area contributed by atoms with Gasteiger partial charge in [-0.25, -0.2) is 9.59 Å². The molecule has 0 spiro atoms. The van der Waals surface area contributed by atoms with Gasteiger partial charge in [0.15, 0.2) is 0 Å². The highest BCUT2D eigenvalue weighted by atomic mass is 16.5. The largest absolute Gasteiger partial charge is 0.462 e. The fourth-order valence-corrected chi connectivity index (χ4v) is 5.89. The van der Waals surface area contributed by atoms with Gasteiger partial charge in [-0.3, -0.25) is 4.79 Å². The fraction of sp³-hybridized carbons (Fsp3) is 0.364. The van der Waals surface area contributed by atoms with Crippen LogP contribution in [0.25, 0.3) is 11.1 Å². The van der Waals surface area contributed by atoms with E-state index in [4.69, 9.17) is 9.47 Å². The van der Waals surface area contributed by atoms with Gasteiger partial charge < -0.3 is 19.7 Å². The minimum Gasteiger partial charge on any atom is -0.462 e. The predicted octanol–water partition coefficient (Wildman–Crippen LogP) is 5.70. The Bertz CT molecular complexity index is 1340. The zero-order valence-corrected chi connectivity index (χ0v) is 23.4. The number of nitrogens with zero attached hydrogens (tertiary/aromatic N) is 1. The van der Waals surface area contributed by atoms with Gasteiger partial charge in [0, 0.05) is 5.92 Å². The number of carbonyl (C=O) groups is 3. The smallest absolute Gasteiger partial charge is 0.407 e. The minimum atomic E-state index is -0.881. The summed E-state index contributed by atoms with van der Waals surface area (Å²) in [6, 6.07) is 23.7. The van der Waals surface area contributed by atoms with Gasteiger partial charge >= 0.3 is 12.1 Å². The van der Waals surface area contributed by atoms with Crippen molar-refractivity contribution < 1.29 is 23.9 Å². The van der Waals surface area contributed by atoms with Crippen LogP contribution in [0.3, 0.4) is 0 Å². The number of esters is 1. The Labute approximate surface area is 235 Å². The zero-order chi connectivity index (χ0) is 28.4. The Morgan fingerprint density at radius 3 is 2.05 bits per heavy atom. The lowest BCUT2D eigenvalue weighted by Crippen LogP contribution is -2.61. The normalized spacial score (nSPS) is 19.1. The van der Waals surface area contributed by atoms with Crippen LogP contribution in [0.1, 0.15) is 56.3 Å². The molecule has 3 atom stereocenters. The molecule has 0 saturated carbocycles. The summed E-state index contributed by atoms with van der Waals surface area (Å²) in [7, 11) is 0. The fourth-order valence-electron chi connectivity index (χ4n) is 5.89. The molecule has 0 unspecified atom stereocenters. The molecule has 1 aliphatic heterocycles. The van der Waals surface area contributed by atoms with Crippen LogP contribution in [0.2, 0.25) is 0 Å². The highest BCUT2D eigenvalue weighted by Gasteiger charge is 2.46. The molecule has 1 saturated heterocycles. The number of carbonyl (C=O) groups excluding carboxylic acids is 3. The summed E-state index contributed by atoms with van der Waals surface area (Å²) < 4.78 is 11.3. The maximum absolute atomic E-state index is 14.2. The van der Waals surface area contributed by atoms with Gasteiger partial charge in [0.25, 0.3) is 0 Å². The van der Waals surface area contributed by atoms with Crippen LogP contribution in [0.15, 0.2) is 78.9 Å². The molecule has 2 aliphatic rings. The first-order chi connectivity index (χ1) is 19.3. The molecule has 208 valence electrons. The van der Waals surface area contributed by atoms with Crippen molar-refractivity contribution in [1.82, 2.24) is 10.2 Å². The lowest BCUT2D eigenvalue weighted by atomic mass is 9.92. The number of rotatable bonds is 7. The first-order valence-corrected chi connectivity index (χ1v) is 13.9. The van der Waals surface area contributed by atoms with E-state index in [1.165, 1.54) is 0 Å². The summed E-state index contributed by atoms with van der Waals surface area (Å²) >= 11 is 0. The van der Waals surface area contributed by atoms with Crippen LogP contribution in [0.4, 0.5) is 4.79 Å². The first kappa shape index (κ1) is 27.4. The number of hydrogen-bond donors (Lipinski definition) is 1. The molecule has 7 heteroatoms. The maximum atomic E-state index is 14.2. The zero-order valence-electron chi connectivity index (χ0n) is 23.4. The van der Waals surface area contributed by atoms with E-state index >= 15 is 0 Å². The van der Waals surface area contributed by atoms with E-state index in [-0.39, 0.29) is 36.9 Å². The van der Waals surface area contributed by atoms with Gasteiger partial charge in [-0.15, -0.1) is 0 Å². The van der Waals surface area contributed by atoms with Gasteiger partial charge in [0.2, 0.25) is 5.91 Å². The van der Waals surface area contributed by atoms with Gasteiger partial charge in [0.1, 0.15) is 25.3 Å². The lowest BCUT2D eigenvalue weighted by Gasteiger charge is -2.44. The van der Waals surface area contributed by atoms with Crippen LogP contribution < -0.4 is 5.32 Å². The number of benzene rings is 3. The standard InChI is InChI=1S/C33H36N2O5/c1-20(2)29(31(36)35-28(22-12-6-5-7-13-22)19-39-32(37)30(35)21(3)4)34-33(38)40-18-27-25-16-10-8-14-23(25)24-15-9-11-17-26(24)27/h5-17,20-21,27-30H,18-19H2,1-4H3,(H,34,38)/t28-,29-,30-/m0/s1. The van der Waals surface area contributed by atoms with Crippen LogP contribution in [0, 0.1) is 11.8 Å². The van der Waals surface area contributed by atoms with Crippen LogP contribution >= 0.6 is 0 Å². The predicted molar refractivity (Wildman–Crippen MR) is 152 cm³/mol. The summed E-state index contributed by atoms with van der Waals surface area (Å²) in [6.45, 7) is 7.74. The molecule has 5 rings (SSSR count). The van der Waals surface area contributed by atoms with E-state index in [2.05, 4.69) is 29.6 Å². The summed E-state index contributed by atoms with van der Waals surface area (Å²) in [5.41, 5.74) is 5.39. The first-order valence-electron chi connectivity index (χ1n) is 13.9. The molecule has 3 aromatic carbocycles. The van der Waals surface area contributed by atoms with Gasteiger partial charge in [0.05, 0.1) is 6.04 Å². The Morgan fingerprint density at radius 2 is 1.48 bits per heavy atom. The number of amides is 2. The minimum absolute atomic E-state index is 0.0631. The molecule has 2 amide bonds. The molecule has 40 heavy (non-hydrogen) atoms. The third-order valence-electron chi connectivity index (χ3n) is 7.88. The van der Waals surface area contributed by atoms with Crippen molar-refractivity contribution in [3.8, 4) is 11.1 Å². The molecule has 1 heterocycles. The van der Waals surface area contributed by atoms with Crippen molar-refractivity contribution in [2.24, 2.45) is 11.8 Å². The Morgan fingerprint density at radius 1 is 0.900 bits per heavy atom. The number of hydrogen-bond acceptors (Lipinski definition) is 5. The van der Waals surface area contributed by atoms with Crippen molar-refractivity contribution in [3.63, 3.8) is 0 Å². The van der Waals surface area contributed by atoms with E-state index in [1.54, 1.807) is 4.90 Å². The third-order valence-corrected chi connectivity index (χ3v) is 7.88. The number of ether oxygens (including phenoxy) is 2. The van der Waals surface area contributed by atoms with E-state index < -0.39 is 30.2 Å². The summed E-state index contributed by atoms with van der Waals surface area (Å²) in [4.78, 5) is 41.8. The van der Waals surface area contributed by atoms with E-state index in [0.717, 1.165) is 27.8 Å². The second kappa shape index (κ2) is 11.5. The summed E-state index contributed by atoms with van der Waals surface area (Å²) in [5.74, 6) is -1.26. The van der Waals surface area contributed by atoms with Crippen molar-refractivity contribution in [2.75, 3.05) is 13.2 Å².